The van der Waals surface area contributed by atoms with E-state index in [2.05, 4.69) is 9.97 Å². The molecule has 6 N–H and O–H groups in total. The van der Waals surface area contributed by atoms with E-state index in [1.165, 1.54) is 24.5 Å². The first-order chi connectivity index (χ1) is 11.4. The first-order valence-electron chi connectivity index (χ1n) is 7.43. The molecule has 0 aromatic carbocycles. The molecule has 1 saturated heterocycles. The minimum Gasteiger partial charge on any atom is -0.458 e. The predicted molar refractivity (Wildman–Crippen MR) is 81.8 cm³/mol. The first kappa shape index (κ1) is 17.0. The van der Waals surface area contributed by atoms with Gasteiger partial charge in [-0.25, -0.2) is 15.8 Å². The van der Waals surface area contributed by atoms with Gasteiger partial charge in [0.25, 0.3) is 0 Å². The zero-order valence-electron chi connectivity index (χ0n) is 13.0. The van der Waals surface area contributed by atoms with E-state index in [4.69, 9.17) is 20.1 Å². The molecular formula is C14H20N4O6. The molecule has 1 fully saturated rings. The van der Waals surface area contributed by atoms with E-state index in [0.29, 0.717) is 11.1 Å². The van der Waals surface area contributed by atoms with Gasteiger partial charge in [0.05, 0.1) is 26.0 Å². The van der Waals surface area contributed by atoms with Crippen LogP contribution in [-0.2, 0) is 4.74 Å². The number of hydrazine groups is 1. The molecule has 0 spiro atoms. The fourth-order valence-electron chi connectivity index (χ4n) is 2.91. The molecule has 10 nitrogen and oxygen atoms in total. The molecule has 2 aromatic rings. The van der Waals surface area contributed by atoms with Crippen LogP contribution < -0.4 is 10.9 Å². The molecule has 10 heteroatoms. The molecule has 1 aliphatic rings. The Balaban J connectivity index is 2.04. The molecule has 4 atom stereocenters. The first-order valence-corrected chi connectivity index (χ1v) is 7.43. The lowest BCUT2D eigenvalue weighted by atomic mass is 9.89. The Morgan fingerprint density at radius 2 is 2.12 bits per heavy atom. The number of nitrogens with two attached hydrogens (primary N) is 1. The maximum atomic E-state index is 10.6. The Bertz CT molecular complexity index is 720. The molecule has 2 aromatic heterocycles. The van der Waals surface area contributed by atoms with Crippen LogP contribution in [0, 0.1) is 0 Å². The van der Waals surface area contributed by atoms with E-state index in [9.17, 15) is 15.3 Å². The van der Waals surface area contributed by atoms with Gasteiger partial charge in [-0.3, -0.25) is 5.01 Å². The lowest BCUT2D eigenvalue weighted by Gasteiger charge is -2.25. The lowest BCUT2D eigenvalue weighted by molar-refractivity contribution is -0.0643. The number of anilines is 1. The van der Waals surface area contributed by atoms with Crippen molar-refractivity contribution in [2.24, 2.45) is 5.84 Å². The Morgan fingerprint density at radius 3 is 2.75 bits per heavy atom. The largest absolute Gasteiger partial charge is 0.458 e. The van der Waals surface area contributed by atoms with Crippen molar-refractivity contribution in [1.82, 2.24) is 9.97 Å². The summed E-state index contributed by atoms with van der Waals surface area (Å²) in [5.41, 5.74) is -0.594. The highest BCUT2D eigenvalue weighted by Gasteiger charge is 2.53. The van der Waals surface area contributed by atoms with Gasteiger partial charge < -0.3 is 29.6 Å². The van der Waals surface area contributed by atoms with Crippen LogP contribution >= 0.6 is 0 Å². The molecule has 24 heavy (non-hydrogen) atoms. The molecule has 0 radical (unpaired) electrons. The van der Waals surface area contributed by atoms with Gasteiger partial charge in [0.15, 0.2) is 11.4 Å². The van der Waals surface area contributed by atoms with Crippen LogP contribution in [0.3, 0.4) is 0 Å². The van der Waals surface area contributed by atoms with Gasteiger partial charge in [-0.15, -0.1) is 0 Å². The topological polar surface area (TPSA) is 158 Å². The van der Waals surface area contributed by atoms with Crippen LogP contribution in [0.1, 0.15) is 18.6 Å². The highest BCUT2D eigenvalue weighted by Crippen LogP contribution is 2.44. The number of hydrogen-bond acceptors (Lipinski definition) is 10. The molecule has 1 aliphatic heterocycles. The lowest BCUT2D eigenvalue weighted by Crippen LogP contribution is -2.42. The normalized spacial score (nSPS) is 30.2. The van der Waals surface area contributed by atoms with Crippen molar-refractivity contribution in [3.05, 3.63) is 18.2 Å². The van der Waals surface area contributed by atoms with Crippen LogP contribution in [0.15, 0.2) is 17.0 Å². The maximum Gasteiger partial charge on any atom is 0.196 e. The van der Waals surface area contributed by atoms with Crippen LogP contribution in [0.2, 0.25) is 0 Å². The molecule has 3 rings (SSSR count). The third-order valence-electron chi connectivity index (χ3n) is 4.23. The Kier molecular flexibility index (Phi) is 4.42. The molecule has 0 bridgehead atoms. The van der Waals surface area contributed by atoms with Gasteiger partial charge in [-0.1, -0.05) is 0 Å². The van der Waals surface area contributed by atoms with Crippen molar-refractivity contribution >= 4 is 16.9 Å². The molecule has 0 saturated carbocycles. The number of ether oxygens (including phenoxy) is 1. The van der Waals surface area contributed by atoms with Gasteiger partial charge in [-0.2, -0.15) is 0 Å². The van der Waals surface area contributed by atoms with Crippen LogP contribution in [0.4, 0.5) is 5.82 Å². The van der Waals surface area contributed by atoms with Crippen molar-refractivity contribution in [3.63, 3.8) is 0 Å². The summed E-state index contributed by atoms with van der Waals surface area (Å²) in [5, 5.41) is 40.2. The fraction of sp³-hybridized carbons (Fsp3) is 0.571. The zero-order chi connectivity index (χ0) is 17.5. The van der Waals surface area contributed by atoms with E-state index in [-0.39, 0.29) is 24.6 Å². The van der Waals surface area contributed by atoms with Gasteiger partial charge in [0.2, 0.25) is 0 Å². The van der Waals surface area contributed by atoms with Gasteiger partial charge in [-0.05, 0) is 6.92 Å². The summed E-state index contributed by atoms with van der Waals surface area (Å²) in [6, 6.07) is 0. The second-order valence-electron chi connectivity index (χ2n) is 5.89. The number of aromatic nitrogens is 2. The number of nitrogens with zero attached hydrogens (tertiary/aromatic N) is 3. The Labute approximate surface area is 137 Å². The summed E-state index contributed by atoms with van der Waals surface area (Å²) in [7, 11) is 0. The number of rotatable bonds is 5. The number of hydrogen-bond donors (Lipinski definition) is 5. The monoisotopic (exact) mass is 340 g/mol. The molecule has 132 valence electrons. The number of furan rings is 1. The second kappa shape index (κ2) is 6.24. The predicted octanol–water partition coefficient (Wildman–Crippen LogP) is -1.56. The highest BCUT2D eigenvalue weighted by atomic mass is 16.6. The van der Waals surface area contributed by atoms with E-state index < -0.39 is 30.5 Å². The minimum absolute atomic E-state index is 0.144. The molecule has 3 heterocycles. The Hall–Kier alpha value is -1.82. The van der Waals surface area contributed by atoms with Crippen molar-refractivity contribution in [2.45, 2.75) is 30.8 Å². The smallest absolute Gasteiger partial charge is 0.196 e. The zero-order valence-corrected chi connectivity index (χ0v) is 13.0. The number of fused-ring (bicyclic) bond motifs is 1. The maximum absolute atomic E-state index is 10.6. The summed E-state index contributed by atoms with van der Waals surface area (Å²) in [4.78, 5) is 8.19. The quantitative estimate of drug-likeness (QED) is 0.318. The average molecular weight is 340 g/mol. The second-order valence-corrected chi connectivity index (χ2v) is 5.89. The molecule has 0 amide bonds. The standard InChI is InChI=1S/C14H20N4O6/c1-14(22)11(21)8(4-20)24-12(14)7-5-23-10-9(7)16-6-17-13(10)18(15)2-3-19/h5-6,8,11-12,19-22H,2-4,15H2,1H3/t8-,11-,12+,14-/m1/s1. The van der Waals surface area contributed by atoms with Crippen molar-refractivity contribution in [3.8, 4) is 0 Å². The minimum atomic E-state index is -1.64. The Morgan fingerprint density at radius 1 is 1.38 bits per heavy atom. The molecular weight excluding hydrogens is 320 g/mol. The third kappa shape index (κ3) is 2.53. The number of aliphatic hydroxyl groups is 4. The van der Waals surface area contributed by atoms with E-state index in [1.807, 2.05) is 0 Å². The average Bonchev–Trinajstić information content (AvgIpc) is 3.07. The van der Waals surface area contributed by atoms with Gasteiger partial charge in [0.1, 0.15) is 35.8 Å². The SMILES string of the molecule is C[C@@]1(O)[C@H](O)[C@@H](CO)O[C@H]1c1coc2c(N(N)CCO)ncnc12. The van der Waals surface area contributed by atoms with Crippen LogP contribution in [0.5, 0.6) is 0 Å². The summed E-state index contributed by atoms with van der Waals surface area (Å²) >= 11 is 0. The summed E-state index contributed by atoms with van der Waals surface area (Å²) < 4.78 is 11.1. The van der Waals surface area contributed by atoms with Crippen LogP contribution in [0.25, 0.3) is 11.1 Å². The molecule has 0 aliphatic carbocycles. The summed E-state index contributed by atoms with van der Waals surface area (Å²) in [6.07, 6.45) is -0.507. The van der Waals surface area contributed by atoms with E-state index >= 15 is 0 Å². The van der Waals surface area contributed by atoms with Crippen molar-refractivity contribution in [1.29, 1.82) is 0 Å². The van der Waals surface area contributed by atoms with E-state index in [0.717, 1.165) is 0 Å². The highest BCUT2D eigenvalue weighted by molar-refractivity contribution is 5.86. The fourth-order valence-corrected chi connectivity index (χ4v) is 2.91. The van der Waals surface area contributed by atoms with E-state index in [1.54, 1.807) is 0 Å². The van der Waals surface area contributed by atoms with Crippen molar-refractivity contribution < 1.29 is 29.6 Å². The van der Waals surface area contributed by atoms with Crippen LogP contribution in [-0.4, -0.2) is 68.0 Å². The molecule has 0 unspecified atom stereocenters. The van der Waals surface area contributed by atoms with Gasteiger partial charge >= 0.3 is 0 Å². The summed E-state index contributed by atoms with van der Waals surface area (Å²) in [6.45, 7) is 0.961. The van der Waals surface area contributed by atoms with Gasteiger partial charge in [0, 0.05) is 5.56 Å². The summed E-state index contributed by atoms with van der Waals surface area (Å²) in [5.74, 6) is 6.10. The third-order valence-corrected chi connectivity index (χ3v) is 4.23. The number of aliphatic hydroxyl groups excluding tert-OH is 3. The van der Waals surface area contributed by atoms with Crippen molar-refractivity contribution in [2.75, 3.05) is 24.8 Å².